The monoisotopic (exact) mass is 192 g/mol. The molecule has 0 saturated carbocycles. The maximum atomic E-state index is 9.23. The second-order valence-electron chi connectivity index (χ2n) is 2.83. The zero-order valence-corrected chi connectivity index (χ0v) is 6.78. The predicted octanol–water partition coefficient (Wildman–Crippen LogP) is -2.53. The van der Waals surface area contributed by atoms with E-state index >= 15 is 0 Å². The van der Waals surface area contributed by atoms with Crippen LogP contribution in [0.3, 0.4) is 0 Å². The van der Waals surface area contributed by atoms with Gasteiger partial charge in [-0.15, -0.1) is 0 Å². The van der Waals surface area contributed by atoms with Gasteiger partial charge in [0.25, 0.3) is 0 Å². The molecular weight excluding hydrogens is 180 g/mol. The summed E-state index contributed by atoms with van der Waals surface area (Å²) in [5.41, 5.74) is 0. The molecule has 0 aromatic carbocycles. The van der Waals surface area contributed by atoms with Gasteiger partial charge in [-0.3, -0.25) is 0 Å². The van der Waals surface area contributed by atoms with Crippen LogP contribution in [-0.2, 0) is 9.47 Å². The van der Waals surface area contributed by atoms with E-state index in [4.69, 9.17) is 17.0 Å². The number of rotatable bonds is 2. The molecule has 1 aliphatic heterocycles. The number of aliphatic hydroxyl groups is 4. The van der Waals surface area contributed by atoms with Gasteiger partial charge in [0, 0.05) is 0 Å². The zero-order chi connectivity index (χ0) is 10.0. The van der Waals surface area contributed by atoms with Gasteiger partial charge in [0.05, 0.1) is 6.61 Å². The lowest BCUT2D eigenvalue weighted by Gasteiger charge is -2.38. The molecule has 0 bridgehead atoms. The molecule has 6 nitrogen and oxygen atoms in total. The zero-order valence-electron chi connectivity index (χ0n) is 6.78. The van der Waals surface area contributed by atoms with Crippen LogP contribution in [-0.4, -0.2) is 57.7 Å². The molecule has 1 saturated heterocycles. The van der Waals surface area contributed by atoms with E-state index in [0.29, 0.717) is 0 Å². The van der Waals surface area contributed by atoms with E-state index in [1.807, 2.05) is 0 Å². The first-order chi connectivity index (χ1) is 6.11. The first kappa shape index (κ1) is 10.8. The van der Waals surface area contributed by atoms with E-state index in [1.165, 1.54) is 0 Å². The molecule has 0 aromatic rings. The Morgan fingerprint density at radius 3 is 2.23 bits per heavy atom. The highest BCUT2D eigenvalue weighted by Gasteiger charge is 2.43. The van der Waals surface area contributed by atoms with Crippen molar-refractivity contribution in [3.05, 3.63) is 7.11 Å². The Hall–Kier alpha value is -0.240. The van der Waals surface area contributed by atoms with E-state index in [1.54, 1.807) is 0 Å². The average Bonchev–Trinajstić information content (AvgIpc) is 2.15. The van der Waals surface area contributed by atoms with Gasteiger partial charge in [-0.2, -0.15) is 0 Å². The third-order valence-electron chi connectivity index (χ3n) is 1.98. The Labute approximate surface area is 75.3 Å². The SMILES string of the molecule is [CH]OC1O[C@H](CO)[C@@H](O)[C@H](O)[C@H]1O. The summed E-state index contributed by atoms with van der Waals surface area (Å²) in [6.45, 7) is -0.495. The summed E-state index contributed by atoms with van der Waals surface area (Å²) < 4.78 is 9.02. The third kappa shape index (κ3) is 1.98. The number of hydrogen-bond donors (Lipinski definition) is 4. The molecule has 4 N–H and O–H groups in total. The van der Waals surface area contributed by atoms with Crippen LogP contribution in [0.1, 0.15) is 0 Å². The molecule has 1 fully saturated rings. The van der Waals surface area contributed by atoms with Crippen molar-refractivity contribution in [2.75, 3.05) is 6.61 Å². The fraction of sp³-hybridized carbons (Fsp3) is 0.857. The first-order valence-electron chi connectivity index (χ1n) is 3.78. The summed E-state index contributed by atoms with van der Waals surface area (Å²) >= 11 is 0. The van der Waals surface area contributed by atoms with Gasteiger partial charge in [0.1, 0.15) is 31.5 Å². The van der Waals surface area contributed by atoms with Crippen molar-refractivity contribution < 1.29 is 29.9 Å². The van der Waals surface area contributed by atoms with Gasteiger partial charge in [-0.05, 0) is 0 Å². The molecule has 1 rings (SSSR count). The van der Waals surface area contributed by atoms with Crippen molar-refractivity contribution in [1.82, 2.24) is 0 Å². The van der Waals surface area contributed by atoms with Crippen LogP contribution in [0.5, 0.6) is 0 Å². The van der Waals surface area contributed by atoms with Crippen molar-refractivity contribution in [2.45, 2.75) is 30.7 Å². The Kier molecular flexibility index (Phi) is 3.60. The van der Waals surface area contributed by atoms with Gasteiger partial charge >= 0.3 is 0 Å². The second kappa shape index (κ2) is 4.32. The fourth-order valence-electron chi connectivity index (χ4n) is 1.18. The number of hydrogen-bond acceptors (Lipinski definition) is 6. The normalized spacial score (nSPS) is 46.4. The molecule has 2 radical (unpaired) electrons. The molecule has 0 aromatic heterocycles. The summed E-state index contributed by atoms with van der Waals surface area (Å²) in [4.78, 5) is 0. The average molecular weight is 192 g/mol. The highest BCUT2D eigenvalue weighted by atomic mass is 16.7. The molecule has 0 aliphatic carbocycles. The summed E-state index contributed by atoms with van der Waals surface area (Å²) in [6.07, 6.45) is -6.48. The molecule has 1 aliphatic rings. The molecule has 1 heterocycles. The van der Waals surface area contributed by atoms with Crippen LogP contribution in [0.25, 0.3) is 0 Å². The Balaban J connectivity index is 2.66. The summed E-state index contributed by atoms with van der Waals surface area (Å²) in [7, 11) is 4.76. The number of aliphatic hydroxyl groups excluding tert-OH is 4. The Morgan fingerprint density at radius 2 is 1.77 bits per heavy atom. The van der Waals surface area contributed by atoms with Gasteiger partial charge in [0.2, 0.25) is 0 Å². The largest absolute Gasteiger partial charge is 0.394 e. The van der Waals surface area contributed by atoms with Gasteiger partial charge in [-0.25, -0.2) is 0 Å². The van der Waals surface area contributed by atoms with E-state index in [-0.39, 0.29) is 0 Å². The van der Waals surface area contributed by atoms with Gasteiger partial charge in [-0.1, -0.05) is 0 Å². The van der Waals surface area contributed by atoms with Crippen molar-refractivity contribution in [3.63, 3.8) is 0 Å². The number of ether oxygens (including phenoxy) is 2. The van der Waals surface area contributed by atoms with Crippen LogP contribution >= 0.6 is 0 Å². The summed E-state index contributed by atoms with van der Waals surface area (Å²) in [5.74, 6) is 0. The quantitative estimate of drug-likeness (QED) is 0.385. The minimum atomic E-state index is -1.44. The van der Waals surface area contributed by atoms with Crippen molar-refractivity contribution >= 4 is 0 Å². The van der Waals surface area contributed by atoms with Crippen molar-refractivity contribution in [1.29, 1.82) is 0 Å². The van der Waals surface area contributed by atoms with E-state index in [0.717, 1.165) is 0 Å². The summed E-state index contributed by atoms with van der Waals surface area (Å²) in [6, 6.07) is 0. The van der Waals surface area contributed by atoms with Crippen molar-refractivity contribution in [3.8, 4) is 0 Å². The second-order valence-corrected chi connectivity index (χ2v) is 2.83. The van der Waals surface area contributed by atoms with Crippen LogP contribution in [0.2, 0.25) is 0 Å². The Morgan fingerprint density at radius 1 is 1.15 bits per heavy atom. The highest BCUT2D eigenvalue weighted by Crippen LogP contribution is 2.21. The molecule has 76 valence electrons. The lowest BCUT2D eigenvalue weighted by atomic mass is 9.99. The van der Waals surface area contributed by atoms with E-state index < -0.39 is 37.3 Å². The molecular formula is C7H12O6. The molecule has 5 atom stereocenters. The van der Waals surface area contributed by atoms with E-state index in [2.05, 4.69) is 4.74 Å². The van der Waals surface area contributed by atoms with Crippen LogP contribution < -0.4 is 0 Å². The smallest absolute Gasteiger partial charge is 0.187 e. The minimum Gasteiger partial charge on any atom is -0.394 e. The van der Waals surface area contributed by atoms with E-state index in [9.17, 15) is 15.3 Å². The van der Waals surface area contributed by atoms with Crippen molar-refractivity contribution in [2.24, 2.45) is 0 Å². The third-order valence-corrected chi connectivity index (χ3v) is 1.98. The summed E-state index contributed by atoms with van der Waals surface area (Å²) in [5, 5.41) is 36.4. The molecule has 13 heavy (non-hydrogen) atoms. The molecule has 6 heteroatoms. The van der Waals surface area contributed by atoms with Gasteiger partial charge in [0.15, 0.2) is 6.29 Å². The maximum Gasteiger partial charge on any atom is 0.187 e. The molecule has 0 spiro atoms. The van der Waals surface area contributed by atoms with Gasteiger partial charge < -0.3 is 29.9 Å². The Bertz CT molecular complexity index is 143. The standard InChI is InChI=1S/C7H12O6/c1-12-7-6(11)5(10)4(9)3(2-8)13-7/h1,3-11H,2H2/t3-,4-,5+,6-,7?/m1/s1. The van der Waals surface area contributed by atoms with Crippen LogP contribution in [0, 0.1) is 7.11 Å². The first-order valence-corrected chi connectivity index (χ1v) is 3.78. The molecule has 1 unspecified atom stereocenters. The van der Waals surface area contributed by atoms with Crippen LogP contribution in [0.4, 0.5) is 0 Å². The van der Waals surface area contributed by atoms with Crippen LogP contribution in [0.15, 0.2) is 0 Å². The maximum absolute atomic E-state index is 9.23. The topological polar surface area (TPSA) is 99.4 Å². The minimum absolute atomic E-state index is 0.495. The predicted molar refractivity (Wildman–Crippen MR) is 39.2 cm³/mol. The molecule has 0 amide bonds. The highest BCUT2D eigenvalue weighted by molar-refractivity contribution is 4.88. The fourth-order valence-corrected chi connectivity index (χ4v) is 1.18. The lowest BCUT2D eigenvalue weighted by molar-refractivity contribution is -0.289. The lowest BCUT2D eigenvalue weighted by Crippen LogP contribution is -2.58.